The van der Waals surface area contributed by atoms with E-state index in [1.807, 2.05) is 43.3 Å². The maximum Gasteiger partial charge on any atom is 0.410 e. The van der Waals surface area contributed by atoms with E-state index in [1.165, 1.54) is 0 Å². The predicted octanol–water partition coefficient (Wildman–Crippen LogP) is 2.89. The van der Waals surface area contributed by atoms with Gasteiger partial charge in [-0.3, -0.25) is 14.5 Å². The average Bonchev–Trinajstić information content (AvgIpc) is 3.63. The first-order chi connectivity index (χ1) is 22.9. The standard InChI is InChI=1S/C33H38N6O8S/c1-21-13-22(2)29(23(3)14-21)48(44,45)38-27(31(41)42)18-36-30(40)26-16-33(47-37-26)15-25(17-35-28-11-7-8-12-34-28)39(20-33)32(43)46-19-24-9-5-4-6-10-24/h4-14,25,27,38H,15-20H2,1-3H3,(H,34,35)(H,36,40)(H,41,42)/t25-,27-,33-/m0/s1. The number of nitrogens with one attached hydrogen (secondary N) is 3. The molecule has 4 N–H and O–H groups in total. The molecule has 0 saturated carbocycles. The highest BCUT2D eigenvalue weighted by Gasteiger charge is 2.52. The van der Waals surface area contributed by atoms with Gasteiger partial charge in [0.05, 0.1) is 17.5 Å². The lowest BCUT2D eigenvalue weighted by Crippen LogP contribution is -2.49. The summed E-state index contributed by atoms with van der Waals surface area (Å²) < 4.78 is 34.2. The van der Waals surface area contributed by atoms with Gasteiger partial charge in [0.25, 0.3) is 5.91 Å². The van der Waals surface area contributed by atoms with Gasteiger partial charge in [0.1, 0.15) is 24.2 Å². The van der Waals surface area contributed by atoms with E-state index in [0.29, 0.717) is 29.9 Å². The number of hydrogen-bond donors (Lipinski definition) is 4. The number of sulfonamides is 1. The maximum atomic E-state index is 13.3. The van der Waals surface area contributed by atoms with Gasteiger partial charge in [0.2, 0.25) is 10.0 Å². The number of aliphatic carboxylic acids is 1. The Morgan fingerprint density at radius 1 is 1.08 bits per heavy atom. The summed E-state index contributed by atoms with van der Waals surface area (Å²) >= 11 is 0. The molecule has 3 heterocycles. The second-order valence-corrected chi connectivity index (χ2v) is 13.7. The van der Waals surface area contributed by atoms with E-state index in [-0.39, 0.29) is 30.2 Å². The molecule has 0 bridgehead atoms. The van der Waals surface area contributed by atoms with Crippen LogP contribution in [0.4, 0.5) is 10.6 Å². The van der Waals surface area contributed by atoms with Crippen LogP contribution in [0.15, 0.2) is 76.9 Å². The molecular weight excluding hydrogens is 640 g/mol. The topological polar surface area (TPSA) is 189 Å². The summed E-state index contributed by atoms with van der Waals surface area (Å²) in [6, 6.07) is 16.0. The monoisotopic (exact) mass is 678 g/mol. The van der Waals surface area contributed by atoms with Crippen molar-refractivity contribution in [3.8, 4) is 0 Å². The number of likely N-dealkylation sites (tertiary alicyclic amines) is 1. The normalized spacial score (nSPS) is 19.4. The minimum absolute atomic E-state index is 0.0110. The van der Waals surface area contributed by atoms with Crippen molar-refractivity contribution in [2.75, 3.05) is 25.0 Å². The highest BCUT2D eigenvalue weighted by Crippen LogP contribution is 2.38. The molecule has 2 aromatic carbocycles. The van der Waals surface area contributed by atoms with Crippen LogP contribution >= 0.6 is 0 Å². The van der Waals surface area contributed by atoms with Crippen LogP contribution in [0.25, 0.3) is 0 Å². The fourth-order valence-electron chi connectivity index (χ4n) is 6.08. The van der Waals surface area contributed by atoms with E-state index in [4.69, 9.17) is 9.57 Å². The quantitative estimate of drug-likeness (QED) is 0.222. The molecule has 0 aliphatic carbocycles. The first-order valence-corrected chi connectivity index (χ1v) is 16.8. The summed E-state index contributed by atoms with van der Waals surface area (Å²) in [6.45, 7) is 5.04. The molecule has 2 amide bonds. The van der Waals surface area contributed by atoms with E-state index in [1.54, 1.807) is 49.2 Å². The van der Waals surface area contributed by atoms with E-state index < -0.39 is 52.2 Å². The largest absolute Gasteiger partial charge is 0.480 e. The van der Waals surface area contributed by atoms with Gasteiger partial charge in [-0.2, -0.15) is 4.72 Å². The molecule has 48 heavy (non-hydrogen) atoms. The van der Waals surface area contributed by atoms with Crippen LogP contribution in [0.2, 0.25) is 0 Å². The van der Waals surface area contributed by atoms with Crippen LogP contribution in [0.3, 0.4) is 0 Å². The molecule has 2 aliphatic heterocycles. The molecule has 254 valence electrons. The molecule has 3 aromatic rings. The van der Waals surface area contributed by atoms with Crippen molar-refractivity contribution in [2.24, 2.45) is 5.16 Å². The number of carbonyl (C=O) groups is 3. The molecule has 1 saturated heterocycles. The highest BCUT2D eigenvalue weighted by molar-refractivity contribution is 7.89. The fourth-order valence-corrected chi connectivity index (χ4v) is 7.72. The molecular formula is C33H38N6O8S. The fraction of sp³-hybridized carbons (Fsp3) is 0.364. The Morgan fingerprint density at radius 2 is 1.79 bits per heavy atom. The second kappa shape index (κ2) is 14.4. The number of ether oxygens (including phenoxy) is 1. The summed E-state index contributed by atoms with van der Waals surface area (Å²) in [4.78, 5) is 50.0. The van der Waals surface area contributed by atoms with E-state index in [0.717, 1.165) is 11.1 Å². The smallest absolute Gasteiger partial charge is 0.410 e. The number of carbonyl (C=O) groups excluding carboxylic acids is 2. The van der Waals surface area contributed by atoms with Crippen molar-refractivity contribution in [3.63, 3.8) is 0 Å². The number of aryl methyl sites for hydroxylation is 3. The Morgan fingerprint density at radius 3 is 2.46 bits per heavy atom. The summed E-state index contributed by atoms with van der Waals surface area (Å²) in [5.74, 6) is -1.56. The lowest BCUT2D eigenvalue weighted by atomic mass is 9.94. The van der Waals surface area contributed by atoms with Gasteiger partial charge in [-0.1, -0.05) is 59.3 Å². The minimum Gasteiger partial charge on any atom is -0.480 e. The average molecular weight is 679 g/mol. The summed E-state index contributed by atoms with van der Waals surface area (Å²) in [5.41, 5.74) is 1.60. The Bertz CT molecular complexity index is 1780. The third-order valence-electron chi connectivity index (χ3n) is 8.17. The molecule has 1 fully saturated rings. The van der Waals surface area contributed by atoms with Gasteiger partial charge in [0.15, 0.2) is 5.60 Å². The molecule has 1 spiro atoms. The molecule has 5 rings (SSSR count). The van der Waals surface area contributed by atoms with Crippen molar-refractivity contribution in [2.45, 2.75) is 62.8 Å². The van der Waals surface area contributed by atoms with E-state index in [2.05, 4.69) is 25.5 Å². The second-order valence-electron chi connectivity index (χ2n) is 12.1. The lowest BCUT2D eigenvalue weighted by Gasteiger charge is -2.24. The number of hydrogen-bond acceptors (Lipinski definition) is 10. The van der Waals surface area contributed by atoms with Crippen molar-refractivity contribution in [1.29, 1.82) is 0 Å². The zero-order valence-electron chi connectivity index (χ0n) is 26.8. The molecule has 0 unspecified atom stereocenters. The highest BCUT2D eigenvalue weighted by atomic mass is 32.2. The Labute approximate surface area is 278 Å². The number of nitrogens with zero attached hydrogens (tertiary/aromatic N) is 3. The van der Waals surface area contributed by atoms with Gasteiger partial charge in [-0.05, 0) is 49.6 Å². The van der Waals surface area contributed by atoms with Gasteiger partial charge in [-0.25, -0.2) is 18.2 Å². The van der Waals surface area contributed by atoms with Crippen molar-refractivity contribution in [3.05, 3.63) is 89.1 Å². The van der Waals surface area contributed by atoms with Crippen LogP contribution in [-0.2, 0) is 35.8 Å². The van der Waals surface area contributed by atoms with Crippen LogP contribution in [0.5, 0.6) is 0 Å². The van der Waals surface area contributed by atoms with Gasteiger partial charge >= 0.3 is 12.1 Å². The zero-order chi connectivity index (χ0) is 34.5. The Balaban J connectivity index is 1.22. The number of carboxylic acid groups (broad SMARTS) is 1. The van der Waals surface area contributed by atoms with Crippen LogP contribution in [-0.4, -0.2) is 84.4 Å². The number of benzene rings is 2. The maximum absolute atomic E-state index is 13.3. The SMILES string of the molecule is Cc1cc(C)c(S(=O)(=O)N[C@@H](CNC(=O)C2=NO[C@]3(C2)C[C@@H](CNc2ccccn2)N(C(=O)OCc2ccccc2)C3)C(=O)O)c(C)c1. The van der Waals surface area contributed by atoms with Gasteiger partial charge in [0, 0.05) is 32.1 Å². The van der Waals surface area contributed by atoms with Crippen LogP contribution < -0.4 is 15.4 Å². The zero-order valence-corrected chi connectivity index (χ0v) is 27.6. The third kappa shape index (κ3) is 8.09. The number of oxime groups is 1. The molecule has 2 aliphatic rings. The number of carboxylic acids is 1. The van der Waals surface area contributed by atoms with Crippen LogP contribution in [0.1, 0.15) is 35.1 Å². The molecule has 15 heteroatoms. The number of amides is 2. The predicted molar refractivity (Wildman–Crippen MR) is 176 cm³/mol. The number of pyridine rings is 1. The van der Waals surface area contributed by atoms with E-state index >= 15 is 0 Å². The minimum atomic E-state index is -4.23. The van der Waals surface area contributed by atoms with Crippen molar-refractivity contribution in [1.82, 2.24) is 19.9 Å². The number of aromatic nitrogens is 1. The first-order valence-electron chi connectivity index (χ1n) is 15.3. The number of rotatable bonds is 12. The van der Waals surface area contributed by atoms with E-state index in [9.17, 15) is 27.9 Å². The Kier molecular flexibility index (Phi) is 10.3. The number of anilines is 1. The summed E-state index contributed by atoms with van der Waals surface area (Å²) in [7, 11) is -4.23. The summed E-state index contributed by atoms with van der Waals surface area (Å²) in [5, 5.41) is 19.5. The third-order valence-corrected chi connectivity index (χ3v) is 9.94. The van der Waals surface area contributed by atoms with Crippen molar-refractivity contribution >= 4 is 39.5 Å². The lowest BCUT2D eigenvalue weighted by molar-refractivity contribution is -0.138. The molecule has 14 nitrogen and oxygen atoms in total. The molecule has 0 radical (unpaired) electrons. The van der Waals surface area contributed by atoms with Crippen molar-refractivity contribution < 1.29 is 37.5 Å². The summed E-state index contributed by atoms with van der Waals surface area (Å²) in [6.07, 6.45) is 1.45. The van der Waals surface area contributed by atoms with Gasteiger partial charge < -0.3 is 25.3 Å². The molecule has 3 atom stereocenters. The Hall–Kier alpha value is -5.02. The van der Waals surface area contributed by atoms with Crippen LogP contribution in [0, 0.1) is 20.8 Å². The molecule has 1 aromatic heterocycles. The van der Waals surface area contributed by atoms with Gasteiger partial charge in [-0.15, -0.1) is 0 Å². The first kappa shape index (κ1) is 34.3.